The summed E-state index contributed by atoms with van der Waals surface area (Å²) in [4.78, 5) is 25.6. The fourth-order valence-corrected chi connectivity index (χ4v) is 5.69. The average Bonchev–Trinajstić information content (AvgIpc) is 3.60. The first-order valence-corrected chi connectivity index (χ1v) is 11.9. The van der Waals surface area contributed by atoms with E-state index in [-0.39, 0.29) is 53.1 Å². The maximum absolute atomic E-state index is 12.9. The number of aromatic nitrogens is 2. The minimum atomic E-state index is -1.02. The summed E-state index contributed by atoms with van der Waals surface area (Å²) in [6.45, 7) is 7.81. The van der Waals surface area contributed by atoms with E-state index in [0.717, 1.165) is 12.8 Å². The lowest BCUT2D eigenvalue weighted by Gasteiger charge is -2.44. The summed E-state index contributed by atoms with van der Waals surface area (Å²) in [5.74, 6) is -1.04. The van der Waals surface area contributed by atoms with E-state index < -0.39 is 5.97 Å². The van der Waals surface area contributed by atoms with Gasteiger partial charge in [-0.2, -0.15) is 5.10 Å². The lowest BCUT2D eigenvalue weighted by atomic mass is 9.68. The predicted octanol–water partition coefficient (Wildman–Crippen LogP) is 2.65. The molecule has 1 N–H and O–H groups in total. The van der Waals surface area contributed by atoms with Crippen LogP contribution in [0.3, 0.4) is 0 Å². The quantitative estimate of drug-likeness (QED) is 0.472. The van der Waals surface area contributed by atoms with Gasteiger partial charge in [0, 0.05) is 26.4 Å². The van der Waals surface area contributed by atoms with E-state index in [1.54, 1.807) is 16.7 Å². The molecule has 1 saturated carbocycles. The van der Waals surface area contributed by atoms with Crippen LogP contribution in [0.5, 0.6) is 0 Å². The van der Waals surface area contributed by atoms with Gasteiger partial charge < -0.3 is 29.0 Å². The van der Waals surface area contributed by atoms with E-state index in [2.05, 4.69) is 31.9 Å². The second-order valence-electron chi connectivity index (χ2n) is 10.4. The van der Waals surface area contributed by atoms with Crippen molar-refractivity contribution in [2.24, 2.45) is 5.92 Å². The van der Waals surface area contributed by atoms with Crippen LogP contribution in [-0.2, 0) is 18.9 Å². The molecule has 10 nitrogen and oxygen atoms in total. The number of likely N-dealkylation sites (tertiary alicyclic amines) is 1. The Hall–Kier alpha value is -2.43. The van der Waals surface area contributed by atoms with Crippen LogP contribution >= 0.6 is 0 Å². The Bertz CT molecular complexity index is 992. The third-order valence-corrected chi connectivity index (χ3v) is 7.83. The highest BCUT2D eigenvalue weighted by Gasteiger charge is 2.72. The molecule has 3 saturated heterocycles. The molecule has 10 heteroatoms. The average molecular weight is 476 g/mol. The van der Waals surface area contributed by atoms with Crippen molar-refractivity contribution in [2.75, 3.05) is 26.8 Å². The van der Waals surface area contributed by atoms with Gasteiger partial charge in [0.25, 0.3) is 0 Å². The maximum Gasteiger partial charge on any atom is 0.410 e. The molecular weight excluding hydrogens is 442 g/mol. The van der Waals surface area contributed by atoms with Crippen molar-refractivity contribution in [3.63, 3.8) is 0 Å². The summed E-state index contributed by atoms with van der Waals surface area (Å²) in [5, 5.41) is 13.2. The van der Waals surface area contributed by atoms with E-state index >= 15 is 0 Å². The Morgan fingerprint density at radius 3 is 2.68 bits per heavy atom. The van der Waals surface area contributed by atoms with Gasteiger partial charge in [0.1, 0.15) is 23.4 Å². The Morgan fingerprint density at radius 1 is 1.35 bits per heavy atom. The lowest BCUT2D eigenvalue weighted by Crippen LogP contribution is -2.57. The van der Waals surface area contributed by atoms with Gasteiger partial charge in [-0.1, -0.05) is 11.6 Å². The molecule has 1 spiro atoms. The van der Waals surface area contributed by atoms with Crippen LogP contribution in [-0.4, -0.2) is 88.2 Å². The van der Waals surface area contributed by atoms with Gasteiger partial charge in [-0.05, 0) is 40.0 Å². The Kier molecular flexibility index (Phi) is 5.73. The Balaban J connectivity index is 1.22. The minimum absolute atomic E-state index is 0.0187. The Morgan fingerprint density at radius 2 is 2.09 bits per heavy atom. The van der Waals surface area contributed by atoms with Gasteiger partial charge in [-0.25, -0.2) is 9.59 Å². The first-order chi connectivity index (χ1) is 16.2. The monoisotopic (exact) mass is 475 g/mol. The van der Waals surface area contributed by atoms with E-state index in [1.165, 1.54) is 18.0 Å². The number of hydrogen-bond donors (Lipinski definition) is 1. The number of allylic oxidation sites excluding steroid dienone is 1. The normalized spacial score (nSPS) is 36.6. The number of rotatable bonds is 7. The zero-order valence-electron chi connectivity index (χ0n) is 20.1. The van der Waals surface area contributed by atoms with Crippen molar-refractivity contribution >= 4 is 12.1 Å². The third-order valence-electron chi connectivity index (χ3n) is 7.83. The number of nitrogens with zero attached hydrogens (tertiary/aromatic N) is 3. The standard InChI is InChI=1S/C24H33N3O7/c1-14(2)5-6-18-23(3,34-18)20-19(31-4)17(7-8-24(20)13-32-24)33-22(30)26-11-16(12-26)27-10-15(9-25-27)21(28)29/h5,9-10,16-20H,6-8,11-13H2,1-4H3,(H,28,29)/t17-,18-,19-,20-,23+,24+/m1/s1. The molecule has 5 rings (SSSR count). The first kappa shape index (κ1) is 23.3. The molecular formula is C24H33N3O7. The Labute approximate surface area is 198 Å². The molecule has 0 radical (unpaired) electrons. The number of carbonyl (C=O) groups is 2. The topological polar surface area (TPSA) is 119 Å². The summed E-state index contributed by atoms with van der Waals surface area (Å²) in [7, 11) is 1.66. The summed E-state index contributed by atoms with van der Waals surface area (Å²) >= 11 is 0. The maximum atomic E-state index is 12.9. The molecule has 186 valence electrons. The molecule has 1 amide bonds. The number of ether oxygens (including phenoxy) is 4. The second-order valence-corrected chi connectivity index (χ2v) is 10.4. The minimum Gasteiger partial charge on any atom is -0.478 e. The second kappa shape index (κ2) is 8.35. The number of carboxylic acids is 1. The summed E-state index contributed by atoms with van der Waals surface area (Å²) < 4.78 is 25.6. The zero-order chi connectivity index (χ0) is 24.3. The van der Waals surface area contributed by atoms with Crippen LogP contribution < -0.4 is 0 Å². The van der Waals surface area contributed by atoms with Crippen LogP contribution in [0.2, 0.25) is 0 Å². The largest absolute Gasteiger partial charge is 0.478 e. The molecule has 0 aromatic carbocycles. The van der Waals surface area contributed by atoms with E-state index in [9.17, 15) is 9.59 Å². The molecule has 0 unspecified atom stereocenters. The number of epoxide rings is 2. The number of hydrogen-bond acceptors (Lipinski definition) is 7. The van der Waals surface area contributed by atoms with Crippen molar-refractivity contribution in [1.82, 2.24) is 14.7 Å². The number of carbonyl (C=O) groups excluding carboxylic acids is 1. The third kappa shape index (κ3) is 4.01. The fraction of sp³-hybridized carbons (Fsp3) is 0.708. The van der Waals surface area contributed by atoms with Crippen molar-refractivity contribution in [1.29, 1.82) is 0 Å². The van der Waals surface area contributed by atoms with Crippen LogP contribution in [0.1, 0.15) is 56.4 Å². The molecule has 4 aliphatic rings. The van der Waals surface area contributed by atoms with Gasteiger partial charge in [-0.15, -0.1) is 0 Å². The SMILES string of the molecule is CO[C@@H]1[C@H](OC(=O)N2CC(n3cc(C(=O)O)cn3)C2)CC[C@]2(CO2)[C@H]1[C@@]1(C)O[C@@H]1CC=C(C)C. The molecule has 1 aromatic rings. The van der Waals surface area contributed by atoms with E-state index in [0.29, 0.717) is 26.1 Å². The molecule has 6 atom stereocenters. The van der Waals surface area contributed by atoms with Gasteiger partial charge >= 0.3 is 12.1 Å². The van der Waals surface area contributed by atoms with Crippen molar-refractivity contribution < 1.29 is 33.6 Å². The van der Waals surface area contributed by atoms with Gasteiger partial charge in [0.2, 0.25) is 0 Å². The summed E-state index contributed by atoms with van der Waals surface area (Å²) in [6.07, 6.45) is 6.33. The predicted molar refractivity (Wildman–Crippen MR) is 120 cm³/mol. The number of methoxy groups -OCH3 is 1. The van der Waals surface area contributed by atoms with Gasteiger partial charge in [-0.3, -0.25) is 4.68 Å². The van der Waals surface area contributed by atoms with Crippen molar-refractivity contribution in [3.05, 3.63) is 29.6 Å². The van der Waals surface area contributed by atoms with Crippen LogP contribution in [0, 0.1) is 5.92 Å². The lowest BCUT2D eigenvalue weighted by molar-refractivity contribution is -0.124. The number of amides is 1. The van der Waals surface area contributed by atoms with Crippen LogP contribution in [0.4, 0.5) is 4.79 Å². The molecule has 1 aromatic heterocycles. The highest BCUT2D eigenvalue weighted by molar-refractivity contribution is 5.86. The number of aromatic carboxylic acids is 1. The number of carboxylic acid groups (broad SMARTS) is 1. The molecule has 1 aliphatic carbocycles. The van der Waals surface area contributed by atoms with Crippen molar-refractivity contribution in [3.8, 4) is 0 Å². The molecule has 0 bridgehead atoms. The smallest absolute Gasteiger partial charge is 0.410 e. The zero-order valence-corrected chi connectivity index (χ0v) is 20.1. The fourth-order valence-electron chi connectivity index (χ4n) is 5.69. The molecule has 4 fully saturated rings. The highest BCUT2D eigenvalue weighted by Crippen LogP contribution is 2.59. The molecule has 34 heavy (non-hydrogen) atoms. The van der Waals surface area contributed by atoms with Crippen molar-refractivity contribution in [2.45, 2.75) is 75.6 Å². The van der Waals surface area contributed by atoms with Crippen LogP contribution in [0.25, 0.3) is 0 Å². The first-order valence-electron chi connectivity index (χ1n) is 11.9. The summed E-state index contributed by atoms with van der Waals surface area (Å²) in [6, 6.07) is -0.0595. The highest BCUT2D eigenvalue weighted by atomic mass is 16.6. The molecule has 4 heterocycles. The van der Waals surface area contributed by atoms with Gasteiger partial charge in [0.15, 0.2) is 0 Å². The van der Waals surface area contributed by atoms with E-state index in [4.69, 9.17) is 24.1 Å². The van der Waals surface area contributed by atoms with Crippen LogP contribution in [0.15, 0.2) is 24.0 Å². The summed E-state index contributed by atoms with van der Waals surface area (Å²) in [5.41, 5.74) is 0.753. The molecule has 3 aliphatic heterocycles. The van der Waals surface area contributed by atoms with Gasteiger partial charge in [0.05, 0.1) is 36.4 Å². The van der Waals surface area contributed by atoms with E-state index in [1.807, 2.05) is 0 Å².